The van der Waals surface area contributed by atoms with Crippen molar-refractivity contribution in [1.29, 1.82) is 0 Å². The van der Waals surface area contributed by atoms with E-state index in [1.807, 2.05) is 6.20 Å². The van der Waals surface area contributed by atoms with Gasteiger partial charge in [-0.3, -0.25) is 0 Å². The second kappa shape index (κ2) is 6.36. The monoisotopic (exact) mass is 221 g/mol. The summed E-state index contributed by atoms with van der Waals surface area (Å²) in [5, 5.41) is 3.25. The molecule has 0 saturated heterocycles. The van der Waals surface area contributed by atoms with Crippen LogP contribution in [-0.4, -0.2) is 24.1 Å². The molecule has 1 aromatic rings. The van der Waals surface area contributed by atoms with Crippen molar-refractivity contribution in [3.05, 3.63) is 18.3 Å². The number of hydrogen-bond donors (Lipinski definition) is 1. The minimum Gasteiger partial charge on any atom is -0.370 e. The van der Waals surface area contributed by atoms with E-state index in [9.17, 15) is 0 Å². The van der Waals surface area contributed by atoms with Crippen molar-refractivity contribution >= 4 is 11.5 Å². The molecule has 0 aliphatic heterocycles. The minimum absolute atomic E-state index is 0.525. The van der Waals surface area contributed by atoms with Gasteiger partial charge in [0.05, 0.1) is 0 Å². The Labute approximate surface area is 98.9 Å². The fourth-order valence-electron chi connectivity index (χ4n) is 1.80. The van der Waals surface area contributed by atoms with Gasteiger partial charge in [-0.05, 0) is 33.3 Å². The molecule has 0 aliphatic rings. The SMILES string of the molecule is CCCN(c1ccnc(NCC)c1)C(C)C. The maximum Gasteiger partial charge on any atom is 0.127 e. The second-order valence-electron chi connectivity index (χ2n) is 4.22. The van der Waals surface area contributed by atoms with E-state index in [4.69, 9.17) is 0 Å². The molecule has 0 atom stereocenters. The molecule has 1 N–H and O–H groups in total. The zero-order valence-corrected chi connectivity index (χ0v) is 10.8. The Bertz CT molecular complexity index is 310. The molecule has 0 aliphatic carbocycles. The highest BCUT2D eigenvalue weighted by atomic mass is 15.2. The molecule has 16 heavy (non-hydrogen) atoms. The first kappa shape index (κ1) is 12.8. The third kappa shape index (κ3) is 3.40. The van der Waals surface area contributed by atoms with Crippen molar-refractivity contribution in [2.75, 3.05) is 23.3 Å². The summed E-state index contributed by atoms with van der Waals surface area (Å²) in [7, 11) is 0. The lowest BCUT2D eigenvalue weighted by molar-refractivity contribution is 0.671. The van der Waals surface area contributed by atoms with E-state index in [2.05, 4.69) is 55.0 Å². The summed E-state index contributed by atoms with van der Waals surface area (Å²) < 4.78 is 0. The normalized spacial score (nSPS) is 10.6. The van der Waals surface area contributed by atoms with Gasteiger partial charge in [-0.15, -0.1) is 0 Å². The van der Waals surface area contributed by atoms with Crippen molar-refractivity contribution in [1.82, 2.24) is 4.98 Å². The van der Waals surface area contributed by atoms with Crippen LogP contribution < -0.4 is 10.2 Å². The topological polar surface area (TPSA) is 28.2 Å². The van der Waals surface area contributed by atoms with Crippen LogP contribution >= 0.6 is 0 Å². The molecule has 90 valence electrons. The van der Waals surface area contributed by atoms with Crippen LogP contribution in [0.25, 0.3) is 0 Å². The average molecular weight is 221 g/mol. The maximum atomic E-state index is 4.29. The molecule has 0 radical (unpaired) electrons. The van der Waals surface area contributed by atoms with Gasteiger partial charge in [0.2, 0.25) is 0 Å². The number of rotatable bonds is 6. The molecule has 0 aromatic carbocycles. The average Bonchev–Trinajstić information content (AvgIpc) is 2.26. The highest BCUT2D eigenvalue weighted by Gasteiger charge is 2.09. The molecule has 3 nitrogen and oxygen atoms in total. The van der Waals surface area contributed by atoms with E-state index in [0.717, 1.165) is 25.3 Å². The molecule has 0 fully saturated rings. The largest absolute Gasteiger partial charge is 0.370 e. The molecule has 0 saturated carbocycles. The lowest BCUT2D eigenvalue weighted by atomic mass is 10.2. The Morgan fingerprint density at radius 1 is 1.38 bits per heavy atom. The van der Waals surface area contributed by atoms with Gasteiger partial charge in [0.15, 0.2) is 0 Å². The summed E-state index contributed by atoms with van der Waals surface area (Å²) >= 11 is 0. The number of hydrogen-bond acceptors (Lipinski definition) is 3. The fraction of sp³-hybridized carbons (Fsp3) is 0.615. The van der Waals surface area contributed by atoms with E-state index in [-0.39, 0.29) is 0 Å². The van der Waals surface area contributed by atoms with E-state index in [1.54, 1.807) is 0 Å². The first-order valence-corrected chi connectivity index (χ1v) is 6.15. The molecule has 0 bridgehead atoms. The van der Waals surface area contributed by atoms with Crippen molar-refractivity contribution in [2.24, 2.45) is 0 Å². The van der Waals surface area contributed by atoms with Crippen LogP contribution in [0.15, 0.2) is 18.3 Å². The van der Waals surface area contributed by atoms with Crippen molar-refractivity contribution < 1.29 is 0 Å². The van der Waals surface area contributed by atoms with Crippen LogP contribution in [0, 0.1) is 0 Å². The smallest absolute Gasteiger partial charge is 0.127 e. The van der Waals surface area contributed by atoms with Crippen molar-refractivity contribution in [3.63, 3.8) is 0 Å². The molecular formula is C13H23N3. The number of pyridine rings is 1. The zero-order chi connectivity index (χ0) is 12.0. The van der Waals surface area contributed by atoms with Crippen molar-refractivity contribution in [3.8, 4) is 0 Å². The van der Waals surface area contributed by atoms with Gasteiger partial charge < -0.3 is 10.2 Å². The first-order valence-electron chi connectivity index (χ1n) is 6.15. The molecule has 0 amide bonds. The Kier molecular flexibility index (Phi) is 5.09. The van der Waals surface area contributed by atoms with Crippen LogP contribution in [0.5, 0.6) is 0 Å². The zero-order valence-electron chi connectivity index (χ0n) is 10.8. The van der Waals surface area contributed by atoms with Gasteiger partial charge in [0, 0.05) is 37.1 Å². The Hall–Kier alpha value is -1.25. The quantitative estimate of drug-likeness (QED) is 0.800. The van der Waals surface area contributed by atoms with E-state index in [0.29, 0.717) is 6.04 Å². The van der Waals surface area contributed by atoms with Gasteiger partial charge in [-0.1, -0.05) is 6.92 Å². The predicted octanol–water partition coefficient (Wildman–Crippen LogP) is 3.14. The van der Waals surface area contributed by atoms with Gasteiger partial charge in [-0.2, -0.15) is 0 Å². The number of aromatic nitrogens is 1. The number of nitrogens with zero attached hydrogens (tertiary/aromatic N) is 2. The van der Waals surface area contributed by atoms with Gasteiger partial charge in [0.1, 0.15) is 5.82 Å². The van der Waals surface area contributed by atoms with Gasteiger partial charge in [0.25, 0.3) is 0 Å². The summed E-state index contributed by atoms with van der Waals surface area (Å²) in [4.78, 5) is 6.70. The van der Waals surface area contributed by atoms with Gasteiger partial charge >= 0.3 is 0 Å². The molecular weight excluding hydrogens is 198 g/mol. The molecule has 1 aromatic heterocycles. The summed E-state index contributed by atoms with van der Waals surface area (Å²) in [6, 6.07) is 4.73. The molecule has 1 heterocycles. The Morgan fingerprint density at radius 2 is 2.12 bits per heavy atom. The highest BCUT2D eigenvalue weighted by Crippen LogP contribution is 2.19. The van der Waals surface area contributed by atoms with Gasteiger partial charge in [-0.25, -0.2) is 4.98 Å². The van der Waals surface area contributed by atoms with Crippen LogP contribution in [-0.2, 0) is 0 Å². The van der Waals surface area contributed by atoms with Crippen molar-refractivity contribution in [2.45, 2.75) is 40.2 Å². The highest BCUT2D eigenvalue weighted by molar-refractivity contribution is 5.54. The third-order valence-electron chi connectivity index (χ3n) is 2.52. The Morgan fingerprint density at radius 3 is 2.69 bits per heavy atom. The minimum atomic E-state index is 0.525. The van der Waals surface area contributed by atoms with Crippen LogP contribution in [0.2, 0.25) is 0 Å². The number of anilines is 2. The third-order valence-corrected chi connectivity index (χ3v) is 2.52. The Balaban J connectivity index is 2.86. The van der Waals surface area contributed by atoms with Crippen LogP contribution in [0.3, 0.4) is 0 Å². The van der Waals surface area contributed by atoms with Crippen LogP contribution in [0.1, 0.15) is 34.1 Å². The predicted molar refractivity (Wildman–Crippen MR) is 71.2 cm³/mol. The number of nitrogens with one attached hydrogen (secondary N) is 1. The van der Waals surface area contributed by atoms with E-state index < -0.39 is 0 Å². The lowest BCUT2D eigenvalue weighted by Crippen LogP contribution is -2.31. The van der Waals surface area contributed by atoms with E-state index >= 15 is 0 Å². The standard InChI is InChI=1S/C13H23N3/c1-5-9-16(11(3)4)12-7-8-15-13(10-12)14-6-2/h7-8,10-11H,5-6,9H2,1-4H3,(H,14,15). The molecule has 0 unspecified atom stereocenters. The summed E-state index contributed by atoms with van der Waals surface area (Å²) in [5.74, 6) is 0.960. The fourth-order valence-corrected chi connectivity index (χ4v) is 1.80. The lowest BCUT2D eigenvalue weighted by Gasteiger charge is -2.28. The van der Waals surface area contributed by atoms with Crippen LogP contribution in [0.4, 0.5) is 11.5 Å². The summed E-state index contributed by atoms with van der Waals surface area (Å²) in [6.07, 6.45) is 3.04. The first-order chi connectivity index (χ1) is 7.69. The molecule has 3 heteroatoms. The molecule has 1 rings (SSSR count). The maximum absolute atomic E-state index is 4.29. The second-order valence-corrected chi connectivity index (χ2v) is 4.22. The summed E-state index contributed by atoms with van der Waals surface area (Å²) in [6.45, 7) is 10.7. The summed E-state index contributed by atoms with van der Waals surface area (Å²) in [5.41, 5.74) is 1.25. The molecule has 0 spiro atoms. The van der Waals surface area contributed by atoms with E-state index in [1.165, 1.54) is 5.69 Å².